The number of ether oxygens (including phenoxy) is 2. The molecule has 0 aliphatic carbocycles. The summed E-state index contributed by atoms with van der Waals surface area (Å²) in [5.74, 6) is 3.29. The Bertz CT molecular complexity index is 4090. The third-order valence-corrected chi connectivity index (χ3v) is 17.4. The molecule has 10 aromatic carbocycles. The van der Waals surface area contributed by atoms with E-state index in [1.807, 2.05) is 11.8 Å². The van der Waals surface area contributed by atoms with Gasteiger partial charge in [0.05, 0.1) is 5.52 Å². The van der Waals surface area contributed by atoms with Crippen molar-refractivity contribution in [2.24, 2.45) is 0 Å². The highest BCUT2D eigenvalue weighted by Gasteiger charge is 2.47. The molecule has 5 nitrogen and oxygen atoms in total. The average Bonchev–Trinajstić information content (AvgIpc) is 4.01. The molecule has 364 valence electrons. The number of hydrogen-bond acceptors (Lipinski definition) is 5. The molecule has 0 N–H and O–H groups in total. The minimum atomic E-state index is -0.0823. The zero-order valence-electron chi connectivity index (χ0n) is 42.7. The summed E-state index contributed by atoms with van der Waals surface area (Å²) < 4.78 is 16.5. The lowest BCUT2D eigenvalue weighted by Crippen LogP contribution is -2.64. The van der Waals surface area contributed by atoms with Crippen molar-refractivity contribution in [2.45, 2.75) is 62.2 Å². The van der Waals surface area contributed by atoms with E-state index in [2.05, 4.69) is 241 Å². The van der Waals surface area contributed by atoms with E-state index >= 15 is 0 Å². The van der Waals surface area contributed by atoms with Crippen molar-refractivity contribution in [1.29, 1.82) is 0 Å². The standard InChI is InChI=1S/C68H53B2N3O2S/c1-3-5-18-44-30-34-48(35-31-44)74-50-38-61-66-62(39-50)73-58-28-15-13-24-52(58)53-25-17-27-55(68(53)73)70(66)57-42-56-59(43-60(57)71(61)46-20-9-7-10-21-46)72(47-22-11-8-12-23-47)63-40-51(75-49-36-32-45(33-37-49)19-6-4-2)41-65-67(63)69(56)54-26-14-16-29-64(54)76-65/h7-17,20-43H,3-6,18-19H2,1-2H3. The maximum absolute atomic E-state index is 7.05. The molecule has 0 fully saturated rings. The van der Waals surface area contributed by atoms with E-state index in [1.54, 1.807) is 0 Å². The molecular formula is C68H53B2N3O2S. The van der Waals surface area contributed by atoms with Gasteiger partial charge in [0.15, 0.2) is 0 Å². The fraction of sp³-hybridized carbons (Fsp3) is 0.118. The third kappa shape index (κ3) is 7.18. The second kappa shape index (κ2) is 18.2. The highest BCUT2D eigenvalue weighted by atomic mass is 32.2. The van der Waals surface area contributed by atoms with Crippen LogP contribution in [0.4, 0.5) is 34.1 Å². The topological polar surface area (TPSA) is 29.9 Å². The second-order valence-corrected chi connectivity index (χ2v) is 21.9. The number of rotatable bonds is 12. The first kappa shape index (κ1) is 45.1. The molecule has 0 bridgehead atoms. The molecule has 0 unspecified atom stereocenters. The number of para-hydroxylation sites is 4. The molecule has 0 saturated carbocycles. The molecule has 0 spiro atoms. The van der Waals surface area contributed by atoms with Crippen molar-refractivity contribution in [3.8, 4) is 28.7 Å². The fourth-order valence-electron chi connectivity index (χ4n) is 12.9. The number of unbranched alkanes of at least 4 members (excludes halogenated alkanes) is 2. The van der Waals surface area contributed by atoms with Gasteiger partial charge >= 0.3 is 0 Å². The van der Waals surface area contributed by atoms with Crippen molar-refractivity contribution in [1.82, 2.24) is 4.57 Å². The highest BCUT2D eigenvalue weighted by Crippen LogP contribution is 2.48. The molecule has 11 aromatic rings. The summed E-state index contributed by atoms with van der Waals surface area (Å²) in [5, 5.41) is 2.51. The first-order valence-electron chi connectivity index (χ1n) is 27.2. The largest absolute Gasteiger partial charge is 0.457 e. The Kier molecular flexibility index (Phi) is 10.8. The summed E-state index contributed by atoms with van der Waals surface area (Å²) in [7, 11) is 0. The molecule has 5 heterocycles. The average molecular weight is 998 g/mol. The van der Waals surface area contributed by atoms with Gasteiger partial charge in [-0.2, -0.15) is 0 Å². The number of fused-ring (bicyclic) bond motifs is 11. The van der Waals surface area contributed by atoms with Crippen molar-refractivity contribution < 1.29 is 9.47 Å². The van der Waals surface area contributed by atoms with Crippen LogP contribution in [0.1, 0.15) is 50.7 Å². The Morgan fingerprint density at radius 1 is 0.395 bits per heavy atom. The number of nitrogens with zero attached hydrogens (tertiary/aromatic N) is 3. The minimum Gasteiger partial charge on any atom is -0.457 e. The molecule has 0 radical (unpaired) electrons. The Morgan fingerprint density at radius 2 is 0.921 bits per heavy atom. The molecule has 15 rings (SSSR count). The van der Waals surface area contributed by atoms with Gasteiger partial charge in [-0.3, -0.25) is 0 Å². The summed E-state index contributed by atoms with van der Waals surface area (Å²) >= 11 is 1.86. The summed E-state index contributed by atoms with van der Waals surface area (Å²) in [5.41, 5.74) is 20.8. The number of hydrogen-bond donors (Lipinski definition) is 0. The van der Waals surface area contributed by atoms with Gasteiger partial charge < -0.3 is 23.8 Å². The van der Waals surface area contributed by atoms with E-state index in [4.69, 9.17) is 9.47 Å². The van der Waals surface area contributed by atoms with Crippen LogP contribution in [0.15, 0.2) is 222 Å². The fourth-order valence-corrected chi connectivity index (χ4v) is 14.1. The van der Waals surface area contributed by atoms with Gasteiger partial charge in [-0.05, 0) is 137 Å². The monoisotopic (exact) mass is 997 g/mol. The van der Waals surface area contributed by atoms with E-state index in [-0.39, 0.29) is 13.4 Å². The predicted molar refractivity (Wildman–Crippen MR) is 320 cm³/mol. The highest BCUT2D eigenvalue weighted by molar-refractivity contribution is 8.00. The van der Waals surface area contributed by atoms with E-state index in [1.165, 1.54) is 101 Å². The zero-order chi connectivity index (χ0) is 50.4. The Morgan fingerprint density at radius 3 is 1.57 bits per heavy atom. The van der Waals surface area contributed by atoms with Crippen LogP contribution in [-0.4, -0.2) is 18.0 Å². The van der Waals surface area contributed by atoms with Crippen molar-refractivity contribution in [3.63, 3.8) is 0 Å². The molecule has 0 saturated heterocycles. The normalized spacial score (nSPS) is 13.3. The van der Waals surface area contributed by atoms with Crippen LogP contribution in [0.25, 0.3) is 27.5 Å². The summed E-state index contributed by atoms with van der Waals surface area (Å²) in [6.07, 6.45) is 6.83. The van der Waals surface area contributed by atoms with Gasteiger partial charge in [0.25, 0.3) is 6.71 Å². The molecule has 0 atom stereocenters. The van der Waals surface area contributed by atoms with Crippen molar-refractivity contribution in [2.75, 3.05) is 9.80 Å². The quantitative estimate of drug-likeness (QED) is 0.114. The van der Waals surface area contributed by atoms with Gasteiger partial charge in [0.2, 0.25) is 6.71 Å². The second-order valence-electron chi connectivity index (χ2n) is 20.8. The van der Waals surface area contributed by atoms with Gasteiger partial charge in [-0.25, -0.2) is 0 Å². The van der Waals surface area contributed by atoms with Crippen LogP contribution in [0, 0.1) is 0 Å². The molecule has 8 heteroatoms. The molecule has 4 aliphatic heterocycles. The predicted octanol–water partition coefficient (Wildman–Crippen LogP) is 14.4. The summed E-state index contributed by atoms with van der Waals surface area (Å²) in [4.78, 5) is 7.51. The lowest BCUT2D eigenvalue weighted by molar-refractivity contribution is 0.481. The van der Waals surface area contributed by atoms with Crippen molar-refractivity contribution >= 4 is 114 Å². The molecule has 0 amide bonds. The maximum Gasteiger partial charge on any atom is 0.252 e. The number of aromatic nitrogens is 1. The lowest BCUT2D eigenvalue weighted by atomic mass is 9.31. The van der Waals surface area contributed by atoms with Crippen LogP contribution in [-0.2, 0) is 12.8 Å². The van der Waals surface area contributed by atoms with Gasteiger partial charge in [0, 0.05) is 84.1 Å². The minimum absolute atomic E-state index is 0.0318. The lowest BCUT2D eigenvalue weighted by Gasteiger charge is -2.44. The van der Waals surface area contributed by atoms with Gasteiger partial charge in [-0.15, -0.1) is 0 Å². The van der Waals surface area contributed by atoms with Crippen LogP contribution < -0.4 is 52.1 Å². The summed E-state index contributed by atoms with van der Waals surface area (Å²) in [6, 6.07) is 78.5. The van der Waals surface area contributed by atoms with E-state index in [0.29, 0.717) is 0 Å². The SMILES string of the molecule is CCCCc1ccc(Oc2cc3c4c(c2)N(c2ccccc2)c2cc5c(cc2B4c2ccccc2S3)B2c3c(cc(Oc4ccc(CCCC)cc4)cc3-n3c4ccccc4c4cccc2c43)N5c2ccccc2)cc1. The van der Waals surface area contributed by atoms with Gasteiger partial charge in [0.1, 0.15) is 23.0 Å². The van der Waals surface area contributed by atoms with Gasteiger partial charge in [-0.1, -0.05) is 165 Å². The van der Waals surface area contributed by atoms with E-state index < -0.39 is 0 Å². The Labute approximate surface area is 449 Å². The third-order valence-electron chi connectivity index (χ3n) is 16.3. The van der Waals surface area contributed by atoms with E-state index in [0.717, 1.165) is 75.7 Å². The van der Waals surface area contributed by atoms with Crippen LogP contribution in [0.3, 0.4) is 0 Å². The maximum atomic E-state index is 7.05. The number of anilines is 6. The summed E-state index contributed by atoms with van der Waals surface area (Å²) in [6.45, 7) is 4.38. The van der Waals surface area contributed by atoms with Crippen LogP contribution >= 0.6 is 11.8 Å². The van der Waals surface area contributed by atoms with Crippen LogP contribution in [0.2, 0.25) is 0 Å². The smallest absolute Gasteiger partial charge is 0.252 e. The Hall–Kier alpha value is -8.32. The number of benzene rings is 10. The molecule has 76 heavy (non-hydrogen) atoms. The van der Waals surface area contributed by atoms with Crippen LogP contribution in [0.5, 0.6) is 23.0 Å². The molecule has 1 aromatic heterocycles. The zero-order valence-corrected chi connectivity index (χ0v) is 43.5. The molecular weight excluding hydrogens is 944 g/mol. The first-order chi connectivity index (χ1) is 37.6. The molecule has 4 aliphatic rings. The first-order valence-corrected chi connectivity index (χ1v) is 28.0. The van der Waals surface area contributed by atoms with E-state index in [9.17, 15) is 0 Å². The van der Waals surface area contributed by atoms with Crippen molar-refractivity contribution in [3.05, 3.63) is 223 Å². The Balaban J connectivity index is 0.992. The number of aryl methyl sites for hydroxylation is 2.